The molecule has 0 radical (unpaired) electrons. The molecule has 1 N–H and O–H groups in total. The number of hydrazone groups is 1. The van der Waals surface area contributed by atoms with Crippen LogP contribution in [0.15, 0.2) is 68.7 Å². The Balaban J connectivity index is 1.72. The van der Waals surface area contributed by atoms with Gasteiger partial charge in [0.05, 0.1) is 23.5 Å². The zero-order valence-corrected chi connectivity index (χ0v) is 18.3. The largest absolute Gasteiger partial charge is 0.496 e. The van der Waals surface area contributed by atoms with Crippen LogP contribution in [0.1, 0.15) is 17.1 Å². The molecule has 4 rings (SSSR count). The number of hydrogen-bond acceptors (Lipinski definition) is 7. The number of aromatic nitrogens is 3. The van der Waals surface area contributed by atoms with Crippen LogP contribution in [0.5, 0.6) is 5.75 Å². The van der Waals surface area contributed by atoms with Crippen LogP contribution in [-0.2, 0) is 0 Å². The predicted octanol–water partition coefficient (Wildman–Crippen LogP) is 4.92. The summed E-state index contributed by atoms with van der Waals surface area (Å²) in [4.78, 5) is 3.99. The van der Waals surface area contributed by atoms with Gasteiger partial charge < -0.3 is 9.15 Å². The van der Waals surface area contributed by atoms with Crippen molar-refractivity contribution in [3.63, 3.8) is 0 Å². The predicted molar refractivity (Wildman–Crippen MR) is 120 cm³/mol. The molecule has 0 unspecified atom stereocenters. The molecule has 2 aromatic heterocycles. The van der Waals surface area contributed by atoms with E-state index in [1.54, 1.807) is 24.9 Å². The molecule has 0 bridgehead atoms. The van der Waals surface area contributed by atoms with Gasteiger partial charge >= 0.3 is 0 Å². The normalized spacial score (nSPS) is 10.9. The van der Waals surface area contributed by atoms with Crippen molar-refractivity contribution in [1.82, 2.24) is 14.8 Å². The van der Waals surface area contributed by atoms with Gasteiger partial charge in [-0.05, 0) is 46.3 Å². The zero-order valence-electron chi connectivity index (χ0n) is 16.7. The summed E-state index contributed by atoms with van der Waals surface area (Å²) in [6.45, 7) is 1.67. The van der Waals surface area contributed by atoms with Crippen LogP contribution in [0.2, 0.25) is 0 Å². The minimum Gasteiger partial charge on any atom is -0.496 e. The third-order valence-electron chi connectivity index (χ3n) is 4.40. The van der Waals surface area contributed by atoms with Crippen molar-refractivity contribution in [3.8, 4) is 28.8 Å². The van der Waals surface area contributed by atoms with Crippen molar-refractivity contribution in [3.05, 3.63) is 76.3 Å². The summed E-state index contributed by atoms with van der Waals surface area (Å²) in [7, 11) is 1.62. The molecular weight excluding hydrogens is 460 g/mol. The molecule has 8 nitrogen and oxygen atoms in total. The maximum atomic E-state index is 9.15. The van der Waals surface area contributed by atoms with Gasteiger partial charge in [-0.25, -0.2) is 15.1 Å². The number of nitrogens with one attached hydrogen (secondary N) is 1. The highest BCUT2D eigenvalue weighted by molar-refractivity contribution is 9.10. The topological polar surface area (TPSA) is 101 Å². The summed E-state index contributed by atoms with van der Waals surface area (Å²) in [6.07, 6.45) is 3.50. The molecule has 0 fully saturated rings. The Morgan fingerprint density at radius 2 is 2.06 bits per heavy atom. The summed E-state index contributed by atoms with van der Waals surface area (Å²) in [5, 5.41) is 18.1. The van der Waals surface area contributed by atoms with Gasteiger partial charge in [-0.3, -0.25) is 0 Å². The first-order chi connectivity index (χ1) is 15.1. The molecule has 0 atom stereocenters. The quantitative estimate of drug-likeness (QED) is 0.312. The number of oxazole rings is 1. The number of anilines is 1. The van der Waals surface area contributed by atoms with Crippen molar-refractivity contribution in [1.29, 1.82) is 5.26 Å². The van der Waals surface area contributed by atoms with E-state index in [0.29, 0.717) is 5.89 Å². The molecule has 0 aliphatic rings. The van der Waals surface area contributed by atoms with Gasteiger partial charge in [0.1, 0.15) is 17.5 Å². The minimum absolute atomic E-state index is 0.147. The Morgan fingerprint density at radius 3 is 2.77 bits per heavy atom. The third kappa shape index (κ3) is 4.34. The van der Waals surface area contributed by atoms with Crippen LogP contribution in [0.4, 0.5) is 5.88 Å². The van der Waals surface area contributed by atoms with E-state index in [9.17, 15) is 0 Å². The van der Waals surface area contributed by atoms with Gasteiger partial charge in [0.25, 0.3) is 5.88 Å². The number of ether oxygens (including phenoxy) is 1. The highest BCUT2D eigenvalue weighted by Crippen LogP contribution is 2.31. The third-order valence-corrected chi connectivity index (χ3v) is 5.02. The van der Waals surface area contributed by atoms with Crippen molar-refractivity contribution in [2.24, 2.45) is 5.10 Å². The molecule has 0 saturated carbocycles. The molecule has 2 heterocycles. The van der Waals surface area contributed by atoms with E-state index in [1.807, 2.05) is 60.8 Å². The number of rotatable bonds is 6. The second-order valence-corrected chi connectivity index (χ2v) is 7.31. The van der Waals surface area contributed by atoms with Crippen LogP contribution in [0, 0.1) is 18.3 Å². The summed E-state index contributed by atoms with van der Waals surface area (Å²) < 4.78 is 13.3. The van der Waals surface area contributed by atoms with Crippen LogP contribution < -0.4 is 10.2 Å². The molecule has 0 aliphatic carbocycles. The first-order valence-corrected chi connectivity index (χ1v) is 10.0. The monoisotopic (exact) mass is 476 g/mol. The molecule has 0 amide bonds. The molecule has 9 heteroatoms. The zero-order chi connectivity index (χ0) is 21.8. The van der Waals surface area contributed by atoms with Gasteiger partial charge in [0, 0.05) is 24.2 Å². The Bertz CT molecular complexity index is 1290. The fourth-order valence-electron chi connectivity index (χ4n) is 2.97. The number of para-hydroxylation sites is 1. The van der Waals surface area contributed by atoms with E-state index < -0.39 is 0 Å². The van der Waals surface area contributed by atoms with E-state index in [2.05, 4.69) is 31.4 Å². The Kier molecular flexibility index (Phi) is 5.82. The summed E-state index contributed by atoms with van der Waals surface area (Å²) in [6, 6.07) is 17.5. The standard InChI is InChI=1S/C22H17BrN6O2/c1-14-26-19(11-24)22(31-14)27-25-12-16-13-29(17-6-4-3-5-7-17)28-21(16)15-8-9-20(30-2)18(23)10-15/h3-10,12-13,27H,1-2H3/b25-12+. The average Bonchev–Trinajstić information content (AvgIpc) is 3.37. The van der Waals surface area contributed by atoms with Crippen LogP contribution >= 0.6 is 15.9 Å². The second-order valence-electron chi connectivity index (χ2n) is 6.45. The average molecular weight is 477 g/mol. The van der Waals surface area contributed by atoms with E-state index >= 15 is 0 Å². The number of halogens is 1. The molecule has 0 aliphatic heterocycles. The number of nitrogens with zero attached hydrogens (tertiary/aromatic N) is 5. The van der Waals surface area contributed by atoms with Gasteiger partial charge in [-0.2, -0.15) is 15.5 Å². The highest BCUT2D eigenvalue weighted by Gasteiger charge is 2.14. The van der Waals surface area contributed by atoms with Crippen molar-refractivity contribution in [2.45, 2.75) is 6.92 Å². The fourth-order valence-corrected chi connectivity index (χ4v) is 3.51. The maximum Gasteiger partial charge on any atom is 0.252 e. The molecule has 0 saturated heterocycles. The smallest absolute Gasteiger partial charge is 0.252 e. The van der Waals surface area contributed by atoms with Crippen molar-refractivity contribution >= 4 is 28.0 Å². The minimum atomic E-state index is 0.147. The van der Waals surface area contributed by atoms with Gasteiger partial charge in [0.15, 0.2) is 5.89 Å². The molecule has 154 valence electrons. The lowest BCUT2D eigenvalue weighted by molar-refractivity contribution is 0.412. The van der Waals surface area contributed by atoms with E-state index in [4.69, 9.17) is 19.5 Å². The molecule has 31 heavy (non-hydrogen) atoms. The van der Waals surface area contributed by atoms with Crippen LogP contribution in [0.3, 0.4) is 0 Å². The lowest BCUT2D eigenvalue weighted by Crippen LogP contribution is -1.94. The van der Waals surface area contributed by atoms with Gasteiger partial charge in [-0.15, -0.1) is 0 Å². The van der Waals surface area contributed by atoms with Crippen LogP contribution in [-0.4, -0.2) is 28.1 Å². The fraction of sp³-hybridized carbons (Fsp3) is 0.0909. The van der Waals surface area contributed by atoms with Gasteiger partial charge in [-0.1, -0.05) is 18.2 Å². The number of aryl methyl sites for hydroxylation is 1. The first-order valence-electron chi connectivity index (χ1n) is 9.24. The lowest BCUT2D eigenvalue weighted by Gasteiger charge is -2.05. The summed E-state index contributed by atoms with van der Waals surface area (Å²) in [5.74, 6) is 1.31. The Morgan fingerprint density at radius 1 is 1.26 bits per heavy atom. The van der Waals surface area contributed by atoms with E-state index in [-0.39, 0.29) is 11.6 Å². The molecular formula is C22H17BrN6O2. The summed E-state index contributed by atoms with van der Waals surface area (Å²) >= 11 is 3.53. The van der Waals surface area contributed by atoms with Crippen molar-refractivity contribution in [2.75, 3.05) is 12.5 Å². The summed E-state index contributed by atoms with van der Waals surface area (Å²) in [5.41, 5.74) is 6.19. The Hall–Kier alpha value is -3.90. The van der Waals surface area contributed by atoms with E-state index in [1.165, 1.54) is 0 Å². The van der Waals surface area contributed by atoms with Crippen molar-refractivity contribution < 1.29 is 9.15 Å². The number of benzene rings is 2. The number of hydrogen-bond donors (Lipinski definition) is 1. The Labute approximate surface area is 186 Å². The first kappa shape index (κ1) is 20.4. The molecule has 0 spiro atoms. The number of nitriles is 1. The molecule has 4 aromatic rings. The highest BCUT2D eigenvalue weighted by atomic mass is 79.9. The lowest BCUT2D eigenvalue weighted by atomic mass is 10.1. The SMILES string of the molecule is COc1ccc(-c2nn(-c3ccccc3)cc2/C=N/Nc2oc(C)nc2C#N)cc1Br. The molecule has 2 aromatic carbocycles. The second kappa shape index (κ2) is 8.85. The maximum absolute atomic E-state index is 9.15. The van der Waals surface area contributed by atoms with Gasteiger partial charge in [0.2, 0.25) is 5.69 Å². The van der Waals surface area contributed by atoms with Crippen LogP contribution in [0.25, 0.3) is 16.9 Å². The van der Waals surface area contributed by atoms with E-state index in [0.717, 1.165) is 32.7 Å². The number of methoxy groups -OCH3 is 1.